The smallest absolute Gasteiger partial charge is 0.0101 e. The zero-order valence-corrected chi connectivity index (χ0v) is 10.3. The molecule has 0 heterocycles. The quantitative estimate of drug-likeness (QED) is 0.461. The molecule has 0 amide bonds. The van der Waals surface area contributed by atoms with Gasteiger partial charge in [0, 0.05) is 6.04 Å². The van der Waals surface area contributed by atoms with E-state index in [2.05, 4.69) is 45.2 Å². The summed E-state index contributed by atoms with van der Waals surface area (Å²) in [7, 11) is 0. The Labute approximate surface area is 90.0 Å². The Hall–Kier alpha value is -0.300. The molecule has 1 N–H and O–H groups in total. The number of rotatable bonds is 8. The van der Waals surface area contributed by atoms with Gasteiger partial charge in [-0.05, 0) is 39.2 Å². The fraction of sp³-hybridized carbons (Fsp3) is 0.846. The van der Waals surface area contributed by atoms with Crippen molar-refractivity contribution in [2.45, 2.75) is 59.4 Å². The lowest BCUT2D eigenvalue weighted by Crippen LogP contribution is -2.33. The molecule has 1 heteroatoms. The van der Waals surface area contributed by atoms with E-state index in [4.69, 9.17) is 0 Å². The van der Waals surface area contributed by atoms with Crippen LogP contribution in [-0.4, -0.2) is 12.6 Å². The van der Waals surface area contributed by atoms with Crippen molar-refractivity contribution >= 4 is 0 Å². The first-order valence-corrected chi connectivity index (χ1v) is 6.12. The van der Waals surface area contributed by atoms with Crippen LogP contribution in [0, 0.1) is 5.92 Å². The number of allylic oxidation sites excluding steroid dienone is 1. The predicted molar refractivity (Wildman–Crippen MR) is 65.6 cm³/mol. The van der Waals surface area contributed by atoms with Crippen LogP contribution in [0.25, 0.3) is 0 Å². The van der Waals surface area contributed by atoms with Gasteiger partial charge in [-0.15, -0.1) is 0 Å². The average Bonchev–Trinajstić information content (AvgIpc) is 2.20. The van der Waals surface area contributed by atoms with Gasteiger partial charge < -0.3 is 5.32 Å². The van der Waals surface area contributed by atoms with Crippen LogP contribution in [0.5, 0.6) is 0 Å². The summed E-state index contributed by atoms with van der Waals surface area (Å²) < 4.78 is 0. The van der Waals surface area contributed by atoms with Gasteiger partial charge in [0.25, 0.3) is 0 Å². The molecule has 2 atom stereocenters. The molecule has 14 heavy (non-hydrogen) atoms. The third-order valence-corrected chi connectivity index (χ3v) is 2.80. The normalized spacial score (nSPS) is 16.0. The Morgan fingerprint density at radius 3 is 2.43 bits per heavy atom. The van der Waals surface area contributed by atoms with Crippen molar-refractivity contribution in [3.8, 4) is 0 Å². The van der Waals surface area contributed by atoms with Gasteiger partial charge in [-0.3, -0.25) is 0 Å². The van der Waals surface area contributed by atoms with Gasteiger partial charge in [-0.1, -0.05) is 38.8 Å². The predicted octanol–water partition coefficient (Wildman–Crippen LogP) is 3.76. The van der Waals surface area contributed by atoms with E-state index >= 15 is 0 Å². The maximum Gasteiger partial charge on any atom is 0.0101 e. The number of nitrogens with one attached hydrogen (secondary N) is 1. The summed E-state index contributed by atoms with van der Waals surface area (Å²) in [4.78, 5) is 0. The van der Waals surface area contributed by atoms with Crippen molar-refractivity contribution in [3.63, 3.8) is 0 Å². The molecular formula is C13H27N. The molecule has 0 bridgehead atoms. The minimum absolute atomic E-state index is 0.619. The molecule has 0 spiro atoms. The van der Waals surface area contributed by atoms with Gasteiger partial charge in [0.2, 0.25) is 0 Å². The molecule has 0 aromatic carbocycles. The summed E-state index contributed by atoms with van der Waals surface area (Å²) >= 11 is 0. The van der Waals surface area contributed by atoms with E-state index in [0.717, 1.165) is 0 Å². The van der Waals surface area contributed by atoms with Gasteiger partial charge in [-0.25, -0.2) is 0 Å². The minimum atomic E-state index is 0.619. The number of unbranched alkanes of at least 4 members (excludes halogenated alkanes) is 2. The summed E-state index contributed by atoms with van der Waals surface area (Å²) in [6, 6.07) is 0.619. The lowest BCUT2D eigenvalue weighted by molar-refractivity contribution is 0.419. The second kappa shape index (κ2) is 9.26. The van der Waals surface area contributed by atoms with Crippen molar-refractivity contribution in [3.05, 3.63) is 12.2 Å². The molecule has 84 valence electrons. The molecule has 0 fully saturated rings. The summed E-state index contributed by atoms with van der Waals surface area (Å²) in [5, 5.41) is 3.60. The van der Waals surface area contributed by atoms with Crippen LogP contribution in [0.4, 0.5) is 0 Å². The van der Waals surface area contributed by atoms with Gasteiger partial charge in [0.05, 0.1) is 0 Å². The molecule has 0 aromatic heterocycles. The van der Waals surface area contributed by atoms with Crippen LogP contribution in [0.1, 0.15) is 53.4 Å². The Bertz CT molecular complexity index is 140. The highest BCUT2D eigenvalue weighted by molar-refractivity contribution is 4.90. The molecular weight excluding hydrogens is 170 g/mol. The minimum Gasteiger partial charge on any atom is -0.314 e. The maximum atomic E-state index is 3.60. The van der Waals surface area contributed by atoms with Crippen LogP contribution in [0.2, 0.25) is 0 Å². The van der Waals surface area contributed by atoms with Gasteiger partial charge in [0.1, 0.15) is 0 Å². The largest absolute Gasteiger partial charge is 0.314 e. The first kappa shape index (κ1) is 13.7. The fourth-order valence-corrected chi connectivity index (χ4v) is 1.76. The molecule has 1 nitrogen and oxygen atoms in total. The van der Waals surface area contributed by atoms with Crippen LogP contribution >= 0.6 is 0 Å². The summed E-state index contributed by atoms with van der Waals surface area (Å²) in [5.74, 6) is 0.696. The third kappa shape index (κ3) is 6.20. The van der Waals surface area contributed by atoms with Gasteiger partial charge in [-0.2, -0.15) is 0 Å². The topological polar surface area (TPSA) is 12.0 Å². The van der Waals surface area contributed by atoms with Crippen LogP contribution in [0.15, 0.2) is 12.2 Å². The Balaban J connectivity index is 3.63. The first-order valence-electron chi connectivity index (χ1n) is 6.12. The Morgan fingerprint density at radius 2 is 1.93 bits per heavy atom. The summed E-state index contributed by atoms with van der Waals surface area (Å²) in [5.41, 5.74) is 0. The van der Waals surface area contributed by atoms with E-state index in [1.807, 2.05) is 0 Å². The van der Waals surface area contributed by atoms with Crippen molar-refractivity contribution in [2.24, 2.45) is 5.92 Å². The third-order valence-electron chi connectivity index (χ3n) is 2.80. The van der Waals surface area contributed by atoms with Gasteiger partial charge in [0.15, 0.2) is 0 Å². The van der Waals surface area contributed by atoms with E-state index in [9.17, 15) is 0 Å². The maximum absolute atomic E-state index is 3.60. The second-order valence-corrected chi connectivity index (χ2v) is 4.05. The molecule has 0 aliphatic carbocycles. The first-order chi connectivity index (χ1) is 6.76. The molecule has 0 saturated heterocycles. The van der Waals surface area contributed by atoms with E-state index in [0.29, 0.717) is 12.0 Å². The molecule has 0 aromatic rings. The average molecular weight is 197 g/mol. The fourth-order valence-electron chi connectivity index (χ4n) is 1.76. The molecule has 0 aliphatic heterocycles. The zero-order valence-electron chi connectivity index (χ0n) is 10.3. The molecule has 0 saturated carbocycles. The lowest BCUT2D eigenvalue weighted by atomic mass is 9.97. The van der Waals surface area contributed by atoms with E-state index in [-0.39, 0.29) is 0 Å². The van der Waals surface area contributed by atoms with Crippen molar-refractivity contribution in [1.82, 2.24) is 5.32 Å². The highest BCUT2D eigenvalue weighted by atomic mass is 14.9. The molecule has 0 radical (unpaired) electrons. The second-order valence-electron chi connectivity index (χ2n) is 4.05. The van der Waals surface area contributed by atoms with Crippen LogP contribution < -0.4 is 5.32 Å². The van der Waals surface area contributed by atoms with Crippen molar-refractivity contribution in [2.75, 3.05) is 6.54 Å². The summed E-state index contributed by atoms with van der Waals surface area (Å²) in [6.45, 7) is 10.1. The number of hydrogen-bond acceptors (Lipinski definition) is 1. The lowest BCUT2D eigenvalue weighted by Gasteiger charge is -2.20. The van der Waals surface area contributed by atoms with Crippen molar-refractivity contribution < 1.29 is 0 Å². The molecule has 2 unspecified atom stereocenters. The Morgan fingerprint density at radius 1 is 1.21 bits per heavy atom. The molecule has 0 rings (SSSR count). The monoisotopic (exact) mass is 197 g/mol. The van der Waals surface area contributed by atoms with Crippen molar-refractivity contribution in [1.29, 1.82) is 0 Å². The van der Waals surface area contributed by atoms with E-state index in [1.165, 1.54) is 32.2 Å². The van der Waals surface area contributed by atoms with Crippen LogP contribution in [0.3, 0.4) is 0 Å². The standard InChI is InChI=1S/C13H27N/c1-5-8-9-11-14-12(4)13(7-3)10-6-2/h6,10,12-14H,5,7-9,11H2,1-4H3. The highest BCUT2D eigenvalue weighted by Gasteiger charge is 2.10. The summed E-state index contributed by atoms with van der Waals surface area (Å²) in [6.07, 6.45) is 9.68. The highest BCUT2D eigenvalue weighted by Crippen LogP contribution is 2.10. The van der Waals surface area contributed by atoms with Gasteiger partial charge >= 0.3 is 0 Å². The van der Waals surface area contributed by atoms with Crippen LogP contribution in [-0.2, 0) is 0 Å². The molecule has 0 aliphatic rings. The Kier molecular flexibility index (Phi) is 9.06. The van der Waals surface area contributed by atoms with E-state index < -0.39 is 0 Å². The van der Waals surface area contributed by atoms with E-state index in [1.54, 1.807) is 0 Å². The number of hydrogen-bond donors (Lipinski definition) is 1. The zero-order chi connectivity index (χ0) is 10.8. The SMILES string of the molecule is CC=CC(CC)C(C)NCCCCC.